The summed E-state index contributed by atoms with van der Waals surface area (Å²) >= 11 is 0. The molecule has 1 heterocycles. The Bertz CT molecular complexity index is 1030. The van der Waals surface area contributed by atoms with E-state index in [1.807, 2.05) is 72.8 Å². The minimum absolute atomic E-state index is 0.195. The molecule has 1 N–H and O–H groups in total. The molecule has 0 saturated carbocycles. The monoisotopic (exact) mass is 369 g/mol. The molecule has 138 valence electrons. The van der Waals surface area contributed by atoms with Crippen LogP contribution < -0.4 is 5.32 Å². The Hall–Kier alpha value is -3.80. The highest BCUT2D eigenvalue weighted by atomic mass is 16.2. The van der Waals surface area contributed by atoms with Crippen molar-refractivity contribution in [2.24, 2.45) is 0 Å². The number of nitrogens with zero attached hydrogens (tertiary/aromatic N) is 4. The standard InChI is InChI=1S/C22H19N5O/c28-22(21(27-16-23-25-26-27)18-11-5-2-6-12-18)24-20-14-8-7-13-19(20)15-17-9-3-1-4-10-17/h1-14,16,21H,15H2,(H,24,28). The second-order valence-electron chi connectivity index (χ2n) is 6.41. The maximum absolute atomic E-state index is 13.2. The number of benzene rings is 3. The summed E-state index contributed by atoms with van der Waals surface area (Å²) in [5.74, 6) is -0.195. The summed E-state index contributed by atoms with van der Waals surface area (Å²) in [5.41, 5.74) is 3.83. The lowest BCUT2D eigenvalue weighted by atomic mass is 10.0. The van der Waals surface area contributed by atoms with E-state index in [0.29, 0.717) is 0 Å². The molecule has 0 spiro atoms. The molecule has 6 nitrogen and oxygen atoms in total. The number of anilines is 1. The predicted octanol–water partition coefficient (Wildman–Crippen LogP) is 3.49. The Kier molecular flexibility index (Phi) is 5.20. The van der Waals surface area contributed by atoms with Gasteiger partial charge in [-0.15, -0.1) is 5.10 Å². The van der Waals surface area contributed by atoms with E-state index in [1.165, 1.54) is 16.6 Å². The average Bonchev–Trinajstić information content (AvgIpc) is 3.25. The molecule has 3 aromatic carbocycles. The lowest BCUT2D eigenvalue weighted by molar-refractivity contribution is -0.118. The number of hydrogen-bond donors (Lipinski definition) is 1. The lowest BCUT2D eigenvalue weighted by Crippen LogP contribution is -2.28. The van der Waals surface area contributed by atoms with E-state index in [0.717, 1.165) is 23.2 Å². The third-order valence-electron chi connectivity index (χ3n) is 4.51. The first kappa shape index (κ1) is 17.6. The molecule has 0 aliphatic carbocycles. The van der Waals surface area contributed by atoms with Crippen molar-refractivity contribution in [3.8, 4) is 0 Å². The molecule has 0 aliphatic heterocycles. The van der Waals surface area contributed by atoms with Crippen LogP contribution in [0, 0.1) is 0 Å². The van der Waals surface area contributed by atoms with Crippen LogP contribution in [0.3, 0.4) is 0 Å². The number of carbonyl (C=O) groups is 1. The van der Waals surface area contributed by atoms with Gasteiger partial charge in [0.2, 0.25) is 0 Å². The van der Waals surface area contributed by atoms with Crippen LogP contribution in [-0.2, 0) is 11.2 Å². The molecular weight excluding hydrogens is 350 g/mol. The fraction of sp³-hybridized carbons (Fsp3) is 0.0909. The third-order valence-corrected chi connectivity index (χ3v) is 4.51. The van der Waals surface area contributed by atoms with Crippen LogP contribution >= 0.6 is 0 Å². The first-order chi connectivity index (χ1) is 13.8. The van der Waals surface area contributed by atoms with Crippen molar-refractivity contribution in [2.75, 3.05) is 5.32 Å². The predicted molar refractivity (Wildman–Crippen MR) is 107 cm³/mol. The summed E-state index contributed by atoms with van der Waals surface area (Å²) in [6.45, 7) is 0. The summed E-state index contributed by atoms with van der Waals surface area (Å²) < 4.78 is 1.46. The van der Waals surface area contributed by atoms with Crippen LogP contribution in [0.15, 0.2) is 91.3 Å². The van der Waals surface area contributed by atoms with E-state index in [-0.39, 0.29) is 5.91 Å². The molecule has 0 bridgehead atoms. The van der Waals surface area contributed by atoms with Gasteiger partial charge in [-0.25, -0.2) is 4.68 Å². The van der Waals surface area contributed by atoms with Crippen LogP contribution in [0.25, 0.3) is 0 Å². The summed E-state index contributed by atoms with van der Waals surface area (Å²) in [4.78, 5) is 13.2. The Balaban J connectivity index is 1.62. The number of amides is 1. The number of carbonyl (C=O) groups excluding carboxylic acids is 1. The zero-order valence-electron chi connectivity index (χ0n) is 15.1. The van der Waals surface area contributed by atoms with Gasteiger partial charge < -0.3 is 5.32 Å². The normalized spacial score (nSPS) is 11.7. The quantitative estimate of drug-likeness (QED) is 0.565. The van der Waals surface area contributed by atoms with Gasteiger partial charge >= 0.3 is 0 Å². The van der Waals surface area contributed by atoms with E-state index >= 15 is 0 Å². The van der Waals surface area contributed by atoms with Crippen LogP contribution in [0.2, 0.25) is 0 Å². The van der Waals surface area contributed by atoms with Gasteiger partial charge in [-0.2, -0.15) is 0 Å². The molecule has 28 heavy (non-hydrogen) atoms. The maximum atomic E-state index is 13.2. The minimum Gasteiger partial charge on any atom is -0.324 e. The molecular formula is C22H19N5O. The SMILES string of the molecule is O=C(Nc1ccccc1Cc1ccccc1)C(c1ccccc1)n1cnnn1. The van der Waals surface area contributed by atoms with E-state index in [1.54, 1.807) is 0 Å². The number of para-hydroxylation sites is 1. The minimum atomic E-state index is -0.652. The van der Waals surface area contributed by atoms with Crippen molar-refractivity contribution in [1.82, 2.24) is 20.2 Å². The second kappa shape index (κ2) is 8.26. The van der Waals surface area contributed by atoms with Gasteiger partial charge in [-0.3, -0.25) is 4.79 Å². The topological polar surface area (TPSA) is 72.7 Å². The highest BCUT2D eigenvalue weighted by molar-refractivity contribution is 5.96. The molecule has 1 unspecified atom stereocenters. The van der Waals surface area contributed by atoms with Gasteiger partial charge in [0, 0.05) is 5.69 Å². The average molecular weight is 369 g/mol. The Labute approximate surface area is 162 Å². The van der Waals surface area contributed by atoms with Crippen LogP contribution in [0.4, 0.5) is 5.69 Å². The molecule has 0 fully saturated rings. The Morgan fingerprint density at radius 1 is 0.893 bits per heavy atom. The molecule has 1 aromatic heterocycles. The largest absolute Gasteiger partial charge is 0.324 e. The van der Waals surface area contributed by atoms with E-state index in [4.69, 9.17) is 0 Å². The molecule has 1 amide bonds. The zero-order chi connectivity index (χ0) is 19.2. The van der Waals surface area contributed by atoms with Crippen molar-refractivity contribution < 1.29 is 4.79 Å². The van der Waals surface area contributed by atoms with Crippen molar-refractivity contribution in [1.29, 1.82) is 0 Å². The summed E-state index contributed by atoms with van der Waals surface area (Å²) in [6.07, 6.45) is 2.19. The molecule has 0 radical (unpaired) electrons. The third kappa shape index (κ3) is 3.96. The van der Waals surface area contributed by atoms with Gasteiger partial charge in [0.15, 0.2) is 6.04 Å². The Morgan fingerprint density at radius 3 is 2.29 bits per heavy atom. The number of rotatable bonds is 6. The first-order valence-corrected chi connectivity index (χ1v) is 9.01. The fourth-order valence-electron chi connectivity index (χ4n) is 3.16. The Morgan fingerprint density at radius 2 is 1.57 bits per heavy atom. The van der Waals surface area contributed by atoms with Crippen molar-refractivity contribution in [2.45, 2.75) is 12.5 Å². The summed E-state index contributed by atoms with van der Waals surface area (Å²) in [6, 6.07) is 26.8. The highest BCUT2D eigenvalue weighted by Gasteiger charge is 2.24. The van der Waals surface area contributed by atoms with Gasteiger partial charge in [-0.05, 0) is 39.6 Å². The van der Waals surface area contributed by atoms with E-state index in [9.17, 15) is 4.79 Å². The number of tetrazole rings is 1. The second-order valence-corrected chi connectivity index (χ2v) is 6.41. The van der Waals surface area contributed by atoms with E-state index < -0.39 is 6.04 Å². The smallest absolute Gasteiger partial charge is 0.253 e. The van der Waals surface area contributed by atoms with Gasteiger partial charge in [0.05, 0.1) is 0 Å². The summed E-state index contributed by atoms with van der Waals surface area (Å²) in [7, 11) is 0. The molecule has 6 heteroatoms. The number of aromatic nitrogens is 4. The van der Waals surface area contributed by atoms with Crippen molar-refractivity contribution >= 4 is 11.6 Å². The van der Waals surface area contributed by atoms with Gasteiger partial charge in [-0.1, -0.05) is 78.9 Å². The first-order valence-electron chi connectivity index (χ1n) is 9.01. The molecule has 4 rings (SSSR count). The molecule has 1 atom stereocenters. The van der Waals surface area contributed by atoms with Crippen LogP contribution in [0.1, 0.15) is 22.7 Å². The maximum Gasteiger partial charge on any atom is 0.253 e. The van der Waals surface area contributed by atoms with Crippen molar-refractivity contribution in [3.63, 3.8) is 0 Å². The molecule has 0 saturated heterocycles. The zero-order valence-corrected chi connectivity index (χ0v) is 15.1. The number of hydrogen-bond acceptors (Lipinski definition) is 4. The number of nitrogens with one attached hydrogen (secondary N) is 1. The highest BCUT2D eigenvalue weighted by Crippen LogP contribution is 2.23. The fourth-order valence-corrected chi connectivity index (χ4v) is 3.16. The molecule has 0 aliphatic rings. The van der Waals surface area contributed by atoms with Crippen LogP contribution in [-0.4, -0.2) is 26.1 Å². The summed E-state index contributed by atoms with van der Waals surface area (Å²) in [5, 5.41) is 14.4. The van der Waals surface area contributed by atoms with Gasteiger partial charge in [0.1, 0.15) is 6.33 Å². The lowest BCUT2D eigenvalue weighted by Gasteiger charge is -2.18. The van der Waals surface area contributed by atoms with Crippen LogP contribution in [0.5, 0.6) is 0 Å². The molecule has 4 aromatic rings. The van der Waals surface area contributed by atoms with Crippen molar-refractivity contribution in [3.05, 3.63) is 108 Å². The van der Waals surface area contributed by atoms with E-state index in [2.05, 4.69) is 33.0 Å². The van der Waals surface area contributed by atoms with Gasteiger partial charge in [0.25, 0.3) is 5.91 Å².